The van der Waals surface area contributed by atoms with Crippen LogP contribution in [0, 0.1) is 11.3 Å². The monoisotopic (exact) mass is 233 g/mol. The number of esters is 1. The Bertz CT molecular complexity index is 478. The maximum Gasteiger partial charge on any atom is 0.327 e. The summed E-state index contributed by atoms with van der Waals surface area (Å²) in [5, 5.41) is 8.96. The maximum atomic E-state index is 11.4. The molecule has 0 spiro atoms. The second-order valence-electron chi connectivity index (χ2n) is 3.49. The van der Waals surface area contributed by atoms with Gasteiger partial charge >= 0.3 is 5.97 Å². The first-order valence-corrected chi connectivity index (χ1v) is 5.13. The Morgan fingerprint density at radius 1 is 1.41 bits per heavy atom. The maximum absolute atomic E-state index is 11.4. The molecule has 1 aromatic rings. The van der Waals surface area contributed by atoms with Gasteiger partial charge in [-0.05, 0) is 17.7 Å². The lowest BCUT2D eigenvalue weighted by atomic mass is 10.0. The van der Waals surface area contributed by atoms with Crippen molar-refractivity contribution in [1.82, 2.24) is 0 Å². The van der Waals surface area contributed by atoms with Gasteiger partial charge in [-0.1, -0.05) is 6.07 Å². The lowest BCUT2D eigenvalue weighted by Crippen LogP contribution is -2.17. The Kier molecular flexibility index (Phi) is 3.15. The number of carbonyl (C=O) groups is 1. The lowest BCUT2D eigenvalue weighted by molar-refractivity contribution is -0.140. The number of methoxy groups -OCH3 is 1. The van der Waals surface area contributed by atoms with Crippen molar-refractivity contribution in [2.24, 2.45) is 0 Å². The van der Waals surface area contributed by atoms with Crippen LogP contribution in [0.1, 0.15) is 11.5 Å². The zero-order chi connectivity index (χ0) is 12.3. The predicted octanol–water partition coefficient (Wildman–Crippen LogP) is 1.24. The van der Waals surface area contributed by atoms with Crippen LogP contribution in [0.5, 0.6) is 11.5 Å². The first kappa shape index (κ1) is 11.3. The Morgan fingerprint density at radius 3 is 2.76 bits per heavy atom. The van der Waals surface area contributed by atoms with Crippen LogP contribution < -0.4 is 9.47 Å². The van der Waals surface area contributed by atoms with Crippen molar-refractivity contribution >= 4 is 5.97 Å². The fourth-order valence-corrected chi connectivity index (χ4v) is 1.62. The molecule has 1 atom stereocenters. The molecule has 0 N–H and O–H groups in total. The minimum atomic E-state index is -0.934. The van der Waals surface area contributed by atoms with E-state index in [0.717, 1.165) is 0 Å². The zero-order valence-electron chi connectivity index (χ0n) is 9.30. The summed E-state index contributed by atoms with van der Waals surface area (Å²) in [5.74, 6) is -0.334. The molecule has 5 heteroatoms. The van der Waals surface area contributed by atoms with E-state index in [-0.39, 0.29) is 0 Å². The van der Waals surface area contributed by atoms with Gasteiger partial charge in [0, 0.05) is 0 Å². The molecule has 0 amide bonds. The molecule has 17 heavy (non-hydrogen) atoms. The van der Waals surface area contributed by atoms with Crippen molar-refractivity contribution in [3.63, 3.8) is 0 Å². The Balaban J connectivity index is 2.33. The Morgan fingerprint density at radius 2 is 2.12 bits per heavy atom. The molecule has 0 aromatic heterocycles. The molecule has 88 valence electrons. The third kappa shape index (κ3) is 2.16. The highest BCUT2D eigenvalue weighted by Crippen LogP contribution is 2.33. The summed E-state index contributed by atoms with van der Waals surface area (Å²) >= 11 is 0. The molecule has 1 aromatic carbocycles. The molecule has 0 bridgehead atoms. The van der Waals surface area contributed by atoms with Gasteiger partial charge in [0.25, 0.3) is 0 Å². The molecule has 0 radical (unpaired) electrons. The average Bonchev–Trinajstić information content (AvgIpc) is 2.39. The van der Waals surface area contributed by atoms with Crippen LogP contribution >= 0.6 is 0 Å². The highest BCUT2D eigenvalue weighted by Gasteiger charge is 2.23. The van der Waals surface area contributed by atoms with E-state index in [1.807, 2.05) is 6.07 Å². The van der Waals surface area contributed by atoms with E-state index in [1.54, 1.807) is 18.2 Å². The number of fused-ring (bicyclic) bond motifs is 1. The van der Waals surface area contributed by atoms with Gasteiger partial charge in [-0.2, -0.15) is 5.26 Å². The zero-order valence-corrected chi connectivity index (χ0v) is 9.30. The van der Waals surface area contributed by atoms with Gasteiger partial charge in [0.05, 0.1) is 13.2 Å². The largest absolute Gasteiger partial charge is 0.486 e. The van der Waals surface area contributed by atoms with Crippen LogP contribution in [0.4, 0.5) is 0 Å². The summed E-state index contributed by atoms with van der Waals surface area (Å²) < 4.78 is 15.3. The van der Waals surface area contributed by atoms with Gasteiger partial charge in [-0.3, -0.25) is 4.79 Å². The number of nitriles is 1. The number of hydrogen-bond donors (Lipinski definition) is 0. The minimum Gasteiger partial charge on any atom is -0.486 e. The smallest absolute Gasteiger partial charge is 0.327 e. The minimum absolute atomic E-state index is 0.464. The van der Waals surface area contributed by atoms with Crippen LogP contribution in [0.2, 0.25) is 0 Å². The summed E-state index contributed by atoms with van der Waals surface area (Å²) in [6.07, 6.45) is 0. The molecule has 0 saturated heterocycles. The third-order valence-corrected chi connectivity index (χ3v) is 2.47. The van der Waals surface area contributed by atoms with Crippen molar-refractivity contribution < 1.29 is 19.0 Å². The fourth-order valence-electron chi connectivity index (χ4n) is 1.62. The second-order valence-corrected chi connectivity index (χ2v) is 3.49. The van der Waals surface area contributed by atoms with Crippen molar-refractivity contribution in [1.29, 1.82) is 5.26 Å². The van der Waals surface area contributed by atoms with E-state index in [0.29, 0.717) is 30.3 Å². The normalized spacial score (nSPS) is 14.6. The Hall–Kier alpha value is -2.22. The average molecular weight is 233 g/mol. The summed E-state index contributed by atoms with van der Waals surface area (Å²) in [7, 11) is 1.25. The number of ether oxygens (including phenoxy) is 3. The predicted molar refractivity (Wildman–Crippen MR) is 57.8 cm³/mol. The number of hydrogen-bond acceptors (Lipinski definition) is 5. The van der Waals surface area contributed by atoms with E-state index in [4.69, 9.17) is 14.7 Å². The third-order valence-electron chi connectivity index (χ3n) is 2.47. The van der Waals surface area contributed by atoms with E-state index < -0.39 is 11.9 Å². The molecule has 0 saturated carbocycles. The van der Waals surface area contributed by atoms with E-state index >= 15 is 0 Å². The quantitative estimate of drug-likeness (QED) is 0.719. The molecule has 2 rings (SSSR count). The van der Waals surface area contributed by atoms with Gasteiger partial charge in [0.15, 0.2) is 17.4 Å². The van der Waals surface area contributed by atoms with Gasteiger partial charge in [0.1, 0.15) is 13.2 Å². The van der Waals surface area contributed by atoms with Crippen LogP contribution in [0.3, 0.4) is 0 Å². The van der Waals surface area contributed by atoms with Crippen molar-refractivity contribution in [3.05, 3.63) is 23.8 Å². The van der Waals surface area contributed by atoms with Crippen molar-refractivity contribution in [2.45, 2.75) is 5.92 Å². The summed E-state index contributed by atoms with van der Waals surface area (Å²) in [5.41, 5.74) is 0.545. The molecule has 1 aliphatic heterocycles. The molecule has 5 nitrogen and oxygen atoms in total. The highest BCUT2D eigenvalue weighted by atomic mass is 16.6. The first-order valence-electron chi connectivity index (χ1n) is 5.13. The first-order chi connectivity index (χ1) is 8.26. The summed E-state index contributed by atoms with van der Waals surface area (Å²) in [6, 6.07) is 6.90. The van der Waals surface area contributed by atoms with E-state index in [1.165, 1.54) is 7.11 Å². The van der Waals surface area contributed by atoms with Crippen molar-refractivity contribution in [3.8, 4) is 17.6 Å². The number of nitrogens with zero attached hydrogens (tertiary/aromatic N) is 1. The second kappa shape index (κ2) is 4.74. The van der Waals surface area contributed by atoms with Gasteiger partial charge in [-0.15, -0.1) is 0 Å². The molecular weight excluding hydrogens is 222 g/mol. The van der Waals surface area contributed by atoms with E-state index in [2.05, 4.69) is 4.74 Å². The van der Waals surface area contributed by atoms with Crippen molar-refractivity contribution in [2.75, 3.05) is 20.3 Å². The number of benzene rings is 1. The molecule has 1 unspecified atom stereocenters. The standard InChI is InChI=1S/C12H11NO4/c1-15-12(14)9(7-13)8-2-3-10-11(6-8)17-5-4-16-10/h2-3,6,9H,4-5H2,1H3. The van der Waals surface area contributed by atoms with Gasteiger partial charge in [0.2, 0.25) is 0 Å². The lowest BCUT2D eigenvalue weighted by Gasteiger charge is -2.19. The van der Waals surface area contributed by atoms with Crippen LogP contribution in [-0.2, 0) is 9.53 Å². The van der Waals surface area contributed by atoms with Crippen LogP contribution in [0.15, 0.2) is 18.2 Å². The van der Waals surface area contributed by atoms with Gasteiger partial charge in [-0.25, -0.2) is 0 Å². The molecular formula is C12H11NO4. The number of rotatable bonds is 2. The summed E-state index contributed by atoms with van der Waals surface area (Å²) in [6.45, 7) is 0.969. The van der Waals surface area contributed by atoms with Crippen LogP contribution in [-0.4, -0.2) is 26.3 Å². The molecule has 1 aliphatic rings. The topological polar surface area (TPSA) is 68.6 Å². The van der Waals surface area contributed by atoms with E-state index in [9.17, 15) is 4.79 Å². The SMILES string of the molecule is COC(=O)C(C#N)c1ccc2c(c1)OCCO2. The van der Waals surface area contributed by atoms with Crippen LogP contribution in [0.25, 0.3) is 0 Å². The molecule has 0 fully saturated rings. The Labute approximate surface area is 98.5 Å². The molecule has 0 aliphatic carbocycles. The number of carbonyl (C=O) groups excluding carboxylic acids is 1. The molecule has 1 heterocycles. The summed E-state index contributed by atoms with van der Waals surface area (Å²) in [4.78, 5) is 11.4. The fraction of sp³-hybridized carbons (Fsp3) is 0.333. The van der Waals surface area contributed by atoms with Gasteiger partial charge < -0.3 is 14.2 Å². The highest BCUT2D eigenvalue weighted by molar-refractivity contribution is 5.81.